The summed E-state index contributed by atoms with van der Waals surface area (Å²) in [4.78, 5) is 0. The number of allylic oxidation sites excluding steroid dienone is 5. The second-order valence-corrected chi connectivity index (χ2v) is 7.28. The Hall–Kier alpha value is -0.780. The minimum atomic E-state index is 0.685. The van der Waals surface area contributed by atoms with Crippen LogP contribution in [0.3, 0.4) is 0 Å². The highest BCUT2D eigenvalue weighted by molar-refractivity contribution is 5.29. The molecule has 2 atom stereocenters. The number of hydrogen-bond donors (Lipinski definition) is 0. The van der Waals surface area contributed by atoms with Gasteiger partial charge >= 0.3 is 0 Å². The molecule has 0 aromatic heterocycles. The molecule has 0 bridgehead atoms. The van der Waals surface area contributed by atoms with Gasteiger partial charge in [0.15, 0.2) is 0 Å². The smallest absolute Gasteiger partial charge is 0.0225 e. The summed E-state index contributed by atoms with van der Waals surface area (Å²) < 4.78 is 0. The van der Waals surface area contributed by atoms with E-state index in [1.807, 2.05) is 0 Å². The van der Waals surface area contributed by atoms with Crippen LogP contribution in [0.15, 0.2) is 36.0 Å². The highest BCUT2D eigenvalue weighted by Crippen LogP contribution is 2.37. The van der Waals surface area contributed by atoms with Gasteiger partial charge in [-0.3, -0.25) is 0 Å². The van der Waals surface area contributed by atoms with Crippen LogP contribution in [0.25, 0.3) is 0 Å². The second-order valence-electron chi connectivity index (χ2n) is 7.28. The van der Waals surface area contributed by atoms with Gasteiger partial charge < -0.3 is 0 Å². The van der Waals surface area contributed by atoms with E-state index >= 15 is 0 Å². The first-order valence-electron chi connectivity index (χ1n) is 8.43. The molecular weight excluding hydrogens is 240 g/mol. The number of hydrogen-bond acceptors (Lipinski definition) is 0. The fourth-order valence-corrected chi connectivity index (χ4v) is 3.07. The third kappa shape index (κ3) is 6.11. The second kappa shape index (κ2) is 8.49. The molecule has 0 N–H and O–H groups in total. The summed E-state index contributed by atoms with van der Waals surface area (Å²) >= 11 is 0. The molecule has 0 spiro atoms. The predicted molar refractivity (Wildman–Crippen MR) is 91.8 cm³/mol. The molecule has 0 saturated carbocycles. The molecule has 0 amide bonds. The molecule has 1 aliphatic carbocycles. The Morgan fingerprint density at radius 2 is 2.05 bits per heavy atom. The van der Waals surface area contributed by atoms with Crippen molar-refractivity contribution in [1.29, 1.82) is 0 Å². The molecule has 0 heterocycles. The largest absolute Gasteiger partial charge is 0.0958 e. The zero-order chi connectivity index (χ0) is 15.1. The Bertz CT molecular complexity index is 354. The lowest BCUT2D eigenvalue weighted by atomic mass is 9.74. The molecule has 1 rings (SSSR count). The zero-order valence-corrected chi connectivity index (χ0v) is 14.3. The molecule has 0 saturated heterocycles. The van der Waals surface area contributed by atoms with Crippen LogP contribution in [0.5, 0.6) is 0 Å². The van der Waals surface area contributed by atoms with Crippen LogP contribution in [-0.4, -0.2) is 0 Å². The summed E-state index contributed by atoms with van der Waals surface area (Å²) in [6, 6.07) is 0. The van der Waals surface area contributed by atoms with Crippen molar-refractivity contribution in [1.82, 2.24) is 0 Å². The molecule has 0 aromatic carbocycles. The summed E-state index contributed by atoms with van der Waals surface area (Å²) in [6.45, 7) is 15.5. The van der Waals surface area contributed by atoms with Gasteiger partial charge in [0.1, 0.15) is 0 Å². The van der Waals surface area contributed by atoms with Crippen LogP contribution < -0.4 is 0 Å². The maximum Gasteiger partial charge on any atom is -0.0225 e. The van der Waals surface area contributed by atoms with Crippen LogP contribution in [0.1, 0.15) is 66.7 Å². The van der Waals surface area contributed by atoms with Crippen LogP contribution in [0.4, 0.5) is 0 Å². The summed E-state index contributed by atoms with van der Waals surface area (Å²) in [6.07, 6.45) is 13.7. The minimum absolute atomic E-state index is 0.685. The van der Waals surface area contributed by atoms with Gasteiger partial charge in [0.25, 0.3) is 0 Å². The van der Waals surface area contributed by atoms with Gasteiger partial charge in [0, 0.05) is 0 Å². The third-order valence-electron chi connectivity index (χ3n) is 4.48. The van der Waals surface area contributed by atoms with E-state index in [0.717, 1.165) is 17.8 Å². The van der Waals surface area contributed by atoms with Gasteiger partial charge in [0.05, 0.1) is 0 Å². The fourth-order valence-electron chi connectivity index (χ4n) is 3.07. The Labute approximate surface area is 127 Å². The van der Waals surface area contributed by atoms with E-state index in [4.69, 9.17) is 0 Å². The Kier molecular flexibility index (Phi) is 7.34. The average molecular weight is 274 g/mol. The van der Waals surface area contributed by atoms with Gasteiger partial charge in [-0.1, -0.05) is 58.1 Å². The van der Waals surface area contributed by atoms with Gasteiger partial charge in [0.2, 0.25) is 0 Å². The van der Waals surface area contributed by atoms with E-state index in [1.165, 1.54) is 43.3 Å². The van der Waals surface area contributed by atoms with Gasteiger partial charge in [-0.25, -0.2) is 0 Å². The molecule has 1 aliphatic rings. The van der Waals surface area contributed by atoms with Crippen molar-refractivity contribution < 1.29 is 0 Å². The van der Waals surface area contributed by atoms with Crippen molar-refractivity contribution in [3.8, 4) is 0 Å². The van der Waals surface area contributed by atoms with E-state index in [-0.39, 0.29) is 0 Å². The lowest BCUT2D eigenvalue weighted by molar-refractivity contribution is 0.294. The van der Waals surface area contributed by atoms with E-state index < -0.39 is 0 Å². The van der Waals surface area contributed by atoms with Crippen LogP contribution in [-0.2, 0) is 0 Å². The fraction of sp³-hybridized carbons (Fsp3) is 0.700. The lowest BCUT2D eigenvalue weighted by Gasteiger charge is -2.31. The highest BCUT2D eigenvalue weighted by Gasteiger charge is 2.24. The Balaban J connectivity index is 2.50. The van der Waals surface area contributed by atoms with E-state index in [1.54, 1.807) is 0 Å². The van der Waals surface area contributed by atoms with Crippen molar-refractivity contribution in [3.63, 3.8) is 0 Å². The van der Waals surface area contributed by atoms with Crippen molar-refractivity contribution in [3.05, 3.63) is 36.0 Å². The maximum absolute atomic E-state index is 4.16. The molecule has 0 aromatic rings. The molecule has 114 valence electrons. The molecule has 0 radical (unpaired) electrons. The monoisotopic (exact) mass is 274 g/mol. The topological polar surface area (TPSA) is 0 Å². The van der Waals surface area contributed by atoms with E-state index in [0.29, 0.717) is 5.92 Å². The molecule has 0 fully saturated rings. The van der Waals surface area contributed by atoms with Gasteiger partial charge in [-0.2, -0.15) is 0 Å². The van der Waals surface area contributed by atoms with Crippen LogP contribution >= 0.6 is 0 Å². The first-order valence-corrected chi connectivity index (χ1v) is 8.43. The molecule has 0 aliphatic heterocycles. The van der Waals surface area contributed by atoms with Gasteiger partial charge in [-0.05, 0) is 68.3 Å². The van der Waals surface area contributed by atoms with Crippen LogP contribution in [0, 0.1) is 23.7 Å². The van der Waals surface area contributed by atoms with E-state index in [9.17, 15) is 0 Å². The normalized spacial score (nSPS) is 23.6. The van der Waals surface area contributed by atoms with Gasteiger partial charge in [-0.15, -0.1) is 0 Å². The number of unbranched alkanes of at least 4 members (excludes halogenated alkanes) is 1. The van der Waals surface area contributed by atoms with E-state index in [2.05, 4.69) is 59.4 Å². The SMILES string of the molecule is C=C(C)C1=CC(CCCC=CC(C)C)CC(C(C)C)C1. The minimum Gasteiger partial charge on any atom is -0.0958 e. The average Bonchev–Trinajstić information content (AvgIpc) is 2.37. The molecule has 0 nitrogen and oxygen atoms in total. The predicted octanol–water partition coefficient (Wildman–Crippen LogP) is 6.55. The quantitative estimate of drug-likeness (QED) is 0.364. The summed E-state index contributed by atoms with van der Waals surface area (Å²) in [5, 5.41) is 0. The van der Waals surface area contributed by atoms with Crippen molar-refractivity contribution in [2.45, 2.75) is 66.7 Å². The standard InChI is InChI=1S/C20H34/c1-15(2)10-8-7-9-11-18-12-19(16(3)4)14-20(13-18)17(5)6/h8,10,12,15,17-18,20H,3,7,9,11,13-14H2,1-2,4-6H3. The first-order chi connectivity index (χ1) is 9.40. The third-order valence-corrected chi connectivity index (χ3v) is 4.48. The molecular formula is C20H34. The lowest BCUT2D eigenvalue weighted by Crippen LogP contribution is -2.19. The maximum atomic E-state index is 4.16. The molecule has 2 unspecified atom stereocenters. The molecule has 0 heteroatoms. The summed E-state index contributed by atoms with van der Waals surface area (Å²) in [5.41, 5.74) is 2.80. The number of rotatable bonds is 7. The highest BCUT2D eigenvalue weighted by atomic mass is 14.3. The Morgan fingerprint density at radius 3 is 2.60 bits per heavy atom. The summed E-state index contributed by atoms with van der Waals surface area (Å²) in [7, 11) is 0. The van der Waals surface area contributed by atoms with Crippen LogP contribution in [0.2, 0.25) is 0 Å². The Morgan fingerprint density at radius 1 is 1.35 bits per heavy atom. The van der Waals surface area contributed by atoms with Crippen molar-refractivity contribution in [2.75, 3.05) is 0 Å². The summed E-state index contributed by atoms with van der Waals surface area (Å²) in [5.74, 6) is 3.10. The van der Waals surface area contributed by atoms with Crippen molar-refractivity contribution >= 4 is 0 Å². The molecule has 20 heavy (non-hydrogen) atoms. The zero-order valence-electron chi connectivity index (χ0n) is 14.3. The van der Waals surface area contributed by atoms with Crippen molar-refractivity contribution in [2.24, 2.45) is 23.7 Å². The first kappa shape index (κ1) is 17.3.